The summed E-state index contributed by atoms with van der Waals surface area (Å²) in [6.45, 7) is 4.45. The molecule has 0 radical (unpaired) electrons. The van der Waals surface area contributed by atoms with Crippen LogP contribution in [0.15, 0.2) is 6.20 Å². The van der Waals surface area contributed by atoms with E-state index < -0.39 is 0 Å². The molecule has 0 aliphatic heterocycles. The first-order valence-corrected chi connectivity index (χ1v) is 6.30. The maximum absolute atomic E-state index is 12.4. The molecule has 1 aliphatic carbocycles. The smallest absolute Gasteiger partial charge is 0.171 e. The van der Waals surface area contributed by atoms with Crippen LogP contribution in [0.25, 0.3) is 0 Å². The van der Waals surface area contributed by atoms with Crippen molar-refractivity contribution in [2.24, 2.45) is 24.8 Å². The lowest BCUT2D eigenvalue weighted by molar-refractivity contribution is 0.0837. The summed E-state index contributed by atoms with van der Waals surface area (Å²) in [6, 6.07) is 0. The zero-order chi connectivity index (χ0) is 12.6. The molecule has 2 atom stereocenters. The number of aromatic nitrogens is 2. The molecule has 0 bridgehead atoms. The summed E-state index contributed by atoms with van der Waals surface area (Å²) >= 11 is 0. The van der Waals surface area contributed by atoms with E-state index in [2.05, 4.69) is 18.9 Å². The molecular formula is C13H21N3O. The number of carbonyl (C=O) groups is 1. The van der Waals surface area contributed by atoms with Gasteiger partial charge in [-0.25, -0.2) is 0 Å². The number of hydrogen-bond acceptors (Lipinski definition) is 3. The zero-order valence-electron chi connectivity index (χ0n) is 10.8. The third kappa shape index (κ3) is 2.35. The quantitative estimate of drug-likeness (QED) is 0.800. The third-order valence-electron chi connectivity index (χ3n) is 3.80. The number of anilines is 1. The van der Waals surface area contributed by atoms with E-state index in [1.54, 1.807) is 17.9 Å². The normalized spacial score (nSPS) is 29.2. The van der Waals surface area contributed by atoms with E-state index in [0.29, 0.717) is 23.2 Å². The second-order valence-electron chi connectivity index (χ2n) is 5.55. The van der Waals surface area contributed by atoms with E-state index in [-0.39, 0.29) is 11.7 Å². The van der Waals surface area contributed by atoms with Gasteiger partial charge in [-0.15, -0.1) is 0 Å². The van der Waals surface area contributed by atoms with Crippen molar-refractivity contribution in [2.45, 2.75) is 33.1 Å². The van der Waals surface area contributed by atoms with E-state index in [0.717, 1.165) is 12.8 Å². The number of nitrogens with zero attached hydrogens (tertiary/aromatic N) is 2. The Morgan fingerprint density at radius 1 is 1.35 bits per heavy atom. The van der Waals surface area contributed by atoms with Crippen molar-refractivity contribution in [3.05, 3.63) is 11.8 Å². The molecule has 2 rings (SSSR count). The van der Waals surface area contributed by atoms with E-state index in [1.807, 2.05) is 0 Å². The topological polar surface area (TPSA) is 60.9 Å². The zero-order valence-corrected chi connectivity index (χ0v) is 10.8. The van der Waals surface area contributed by atoms with Crippen LogP contribution in [-0.4, -0.2) is 15.6 Å². The van der Waals surface area contributed by atoms with Crippen molar-refractivity contribution in [3.8, 4) is 0 Å². The van der Waals surface area contributed by atoms with Gasteiger partial charge in [0.1, 0.15) is 5.82 Å². The van der Waals surface area contributed by atoms with Crippen LogP contribution < -0.4 is 5.73 Å². The Morgan fingerprint density at radius 2 is 1.94 bits per heavy atom. The molecule has 4 nitrogen and oxygen atoms in total. The van der Waals surface area contributed by atoms with Crippen LogP contribution in [0.4, 0.5) is 5.82 Å². The van der Waals surface area contributed by atoms with Gasteiger partial charge >= 0.3 is 0 Å². The van der Waals surface area contributed by atoms with Crippen molar-refractivity contribution in [3.63, 3.8) is 0 Å². The number of aryl methyl sites for hydroxylation is 1. The largest absolute Gasteiger partial charge is 0.383 e. The molecule has 0 amide bonds. The highest BCUT2D eigenvalue weighted by Crippen LogP contribution is 2.35. The first-order chi connectivity index (χ1) is 7.99. The number of rotatable bonds is 2. The Kier molecular flexibility index (Phi) is 3.22. The molecule has 1 aliphatic rings. The van der Waals surface area contributed by atoms with Crippen LogP contribution >= 0.6 is 0 Å². The average Bonchev–Trinajstić information content (AvgIpc) is 2.57. The standard InChI is InChI=1S/C13H21N3O/c1-8-4-9(2)6-10(5-8)12(17)11-7-15-16(3)13(11)14/h7-10H,4-6,14H2,1-3H3. The summed E-state index contributed by atoms with van der Waals surface area (Å²) in [5.41, 5.74) is 6.46. The van der Waals surface area contributed by atoms with E-state index in [1.165, 1.54) is 6.42 Å². The Hall–Kier alpha value is -1.32. The molecule has 0 spiro atoms. The monoisotopic (exact) mass is 235 g/mol. The van der Waals surface area contributed by atoms with Crippen LogP contribution in [0, 0.1) is 17.8 Å². The Labute approximate surface area is 102 Å². The van der Waals surface area contributed by atoms with Gasteiger partial charge in [0.2, 0.25) is 0 Å². The van der Waals surface area contributed by atoms with Gasteiger partial charge in [-0.1, -0.05) is 13.8 Å². The van der Waals surface area contributed by atoms with Crippen LogP contribution in [0.2, 0.25) is 0 Å². The van der Waals surface area contributed by atoms with E-state index in [9.17, 15) is 4.79 Å². The lowest BCUT2D eigenvalue weighted by atomic mass is 9.74. The molecule has 0 aromatic carbocycles. The van der Waals surface area contributed by atoms with Crippen molar-refractivity contribution < 1.29 is 4.79 Å². The summed E-state index contributed by atoms with van der Waals surface area (Å²) in [6.07, 6.45) is 4.79. The molecule has 1 aromatic rings. The molecule has 94 valence electrons. The minimum absolute atomic E-state index is 0.125. The maximum Gasteiger partial charge on any atom is 0.171 e. The van der Waals surface area contributed by atoms with Gasteiger partial charge in [-0.3, -0.25) is 9.48 Å². The Bertz CT molecular complexity index is 414. The van der Waals surface area contributed by atoms with Crippen LogP contribution in [0.1, 0.15) is 43.5 Å². The lowest BCUT2D eigenvalue weighted by Crippen LogP contribution is -2.26. The molecule has 17 heavy (non-hydrogen) atoms. The van der Waals surface area contributed by atoms with Gasteiger partial charge < -0.3 is 5.73 Å². The fourth-order valence-electron chi connectivity index (χ4n) is 3.02. The number of hydrogen-bond donors (Lipinski definition) is 1. The molecule has 1 heterocycles. The summed E-state index contributed by atoms with van der Waals surface area (Å²) in [5, 5.41) is 4.04. The molecule has 0 saturated heterocycles. The lowest BCUT2D eigenvalue weighted by Gasteiger charge is -2.30. The van der Waals surface area contributed by atoms with Gasteiger partial charge in [-0.2, -0.15) is 5.10 Å². The minimum atomic E-state index is 0.125. The summed E-state index contributed by atoms with van der Waals surface area (Å²) in [7, 11) is 1.76. The molecule has 1 aromatic heterocycles. The Balaban J connectivity index is 2.17. The highest BCUT2D eigenvalue weighted by molar-refractivity contribution is 6.01. The molecule has 2 N–H and O–H groups in total. The summed E-state index contributed by atoms with van der Waals surface area (Å²) in [4.78, 5) is 12.4. The third-order valence-corrected chi connectivity index (χ3v) is 3.80. The average molecular weight is 235 g/mol. The van der Waals surface area contributed by atoms with Crippen molar-refractivity contribution >= 4 is 11.6 Å². The van der Waals surface area contributed by atoms with Crippen molar-refractivity contribution in [1.82, 2.24) is 9.78 Å². The first-order valence-electron chi connectivity index (χ1n) is 6.30. The number of carbonyl (C=O) groups excluding carboxylic acids is 1. The van der Waals surface area contributed by atoms with Crippen molar-refractivity contribution in [2.75, 3.05) is 5.73 Å². The highest BCUT2D eigenvalue weighted by Gasteiger charge is 2.31. The van der Waals surface area contributed by atoms with Crippen molar-refractivity contribution in [1.29, 1.82) is 0 Å². The molecule has 1 fully saturated rings. The fraction of sp³-hybridized carbons (Fsp3) is 0.692. The fourth-order valence-corrected chi connectivity index (χ4v) is 3.02. The first kappa shape index (κ1) is 12.1. The van der Waals surface area contributed by atoms with Gasteiger partial charge in [0.25, 0.3) is 0 Å². The number of nitrogens with two attached hydrogens (primary N) is 1. The minimum Gasteiger partial charge on any atom is -0.383 e. The molecule has 4 heteroatoms. The van der Waals surface area contributed by atoms with Crippen LogP contribution in [0.3, 0.4) is 0 Å². The van der Waals surface area contributed by atoms with E-state index >= 15 is 0 Å². The number of ketones is 1. The molecule has 1 saturated carbocycles. The van der Waals surface area contributed by atoms with E-state index in [4.69, 9.17) is 5.73 Å². The van der Waals surface area contributed by atoms with Gasteiger partial charge in [-0.05, 0) is 31.1 Å². The molecular weight excluding hydrogens is 214 g/mol. The second-order valence-corrected chi connectivity index (χ2v) is 5.55. The number of Topliss-reactive ketones (excluding diaryl/α,β-unsaturated/α-hetero) is 1. The number of nitrogen functional groups attached to an aromatic ring is 1. The predicted octanol–water partition coefficient (Wildman–Crippen LogP) is 2.26. The highest BCUT2D eigenvalue weighted by atomic mass is 16.1. The second kappa shape index (κ2) is 4.51. The van der Waals surface area contributed by atoms with Crippen LogP contribution in [-0.2, 0) is 7.05 Å². The summed E-state index contributed by atoms with van der Waals surface area (Å²) < 4.78 is 1.56. The van der Waals surface area contributed by atoms with Gasteiger partial charge in [0, 0.05) is 13.0 Å². The summed E-state index contributed by atoms with van der Waals surface area (Å²) in [5.74, 6) is 2.05. The Morgan fingerprint density at radius 3 is 2.41 bits per heavy atom. The van der Waals surface area contributed by atoms with Crippen LogP contribution in [0.5, 0.6) is 0 Å². The van der Waals surface area contributed by atoms with Gasteiger partial charge in [0.05, 0.1) is 11.8 Å². The predicted molar refractivity (Wildman–Crippen MR) is 67.6 cm³/mol. The SMILES string of the molecule is CC1CC(C)CC(C(=O)c2cnn(C)c2N)C1. The van der Waals surface area contributed by atoms with Gasteiger partial charge in [0.15, 0.2) is 5.78 Å². The maximum atomic E-state index is 12.4. The molecule has 2 unspecified atom stereocenters.